The average molecular weight is 516 g/mol. The van der Waals surface area contributed by atoms with E-state index in [1.54, 1.807) is 0 Å². The van der Waals surface area contributed by atoms with Gasteiger partial charge in [0.05, 0.1) is 29.1 Å². The predicted octanol–water partition coefficient (Wildman–Crippen LogP) is 8.95. The van der Waals surface area contributed by atoms with E-state index >= 15 is 0 Å². The second kappa shape index (κ2) is 8.85. The van der Waals surface area contributed by atoms with Crippen LogP contribution in [-0.2, 0) is 6.67 Å². The molecule has 1 aliphatic carbocycles. The van der Waals surface area contributed by atoms with Crippen molar-refractivity contribution in [1.82, 2.24) is 9.88 Å². The number of nitrogens with zero attached hydrogens (tertiary/aromatic N) is 1. The zero-order valence-electron chi connectivity index (χ0n) is 21.7. The summed E-state index contributed by atoms with van der Waals surface area (Å²) in [6.45, 7) is 0.547. The van der Waals surface area contributed by atoms with Gasteiger partial charge in [0.1, 0.15) is 11.2 Å². The van der Waals surface area contributed by atoms with E-state index in [4.69, 9.17) is 9.83 Å². The van der Waals surface area contributed by atoms with Gasteiger partial charge in [0.2, 0.25) is 0 Å². The molecule has 2 heterocycles. The Bertz CT molecular complexity index is 2230. The van der Waals surface area contributed by atoms with Crippen LogP contribution in [0.1, 0.15) is 5.56 Å². The van der Waals surface area contributed by atoms with Crippen LogP contribution >= 0.6 is 0 Å². The topological polar surface area (TPSA) is 54.0 Å². The average Bonchev–Trinajstić information content (AvgIpc) is 3.55. The highest BCUT2D eigenvalue weighted by atomic mass is 16.3. The first kappa shape index (κ1) is 22.6. The fourth-order valence-corrected chi connectivity index (χ4v) is 6.16. The van der Waals surface area contributed by atoms with Crippen molar-refractivity contribution in [3.63, 3.8) is 0 Å². The van der Waals surface area contributed by atoms with E-state index in [-0.39, 0.29) is 0 Å². The van der Waals surface area contributed by atoms with E-state index in [1.807, 2.05) is 54.6 Å². The van der Waals surface area contributed by atoms with Crippen LogP contribution in [0.5, 0.6) is 0 Å². The van der Waals surface area contributed by atoms with E-state index in [1.165, 1.54) is 32.6 Å². The van der Waals surface area contributed by atoms with Crippen LogP contribution in [0.4, 0.5) is 0 Å². The Morgan fingerprint density at radius 3 is 2.23 bits per heavy atom. The van der Waals surface area contributed by atoms with Crippen LogP contribution in [-0.4, -0.2) is 10.3 Å². The second-order valence-electron chi connectivity index (χ2n) is 10.2. The number of hydrogen-bond donors (Lipinski definition) is 2. The van der Waals surface area contributed by atoms with Crippen LogP contribution in [0.3, 0.4) is 0 Å². The van der Waals surface area contributed by atoms with Crippen molar-refractivity contribution in [3.8, 4) is 0 Å². The van der Waals surface area contributed by atoms with Crippen LogP contribution < -0.4 is 5.32 Å². The third-order valence-corrected chi connectivity index (χ3v) is 7.94. The number of rotatable bonds is 4. The Morgan fingerprint density at radius 1 is 0.650 bits per heavy atom. The Morgan fingerprint density at radius 2 is 1.35 bits per heavy atom. The number of aromatic nitrogens is 1. The molecule has 4 nitrogen and oxygen atoms in total. The Labute approximate surface area is 230 Å². The summed E-state index contributed by atoms with van der Waals surface area (Å²) in [5, 5.41) is 19.5. The van der Waals surface area contributed by atoms with Gasteiger partial charge in [-0.3, -0.25) is 0 Å². The highest BCUT2D eigenvalue weighted by Gasteiger charge is 2.18. The van der Waals surface area contributed by atoms with Gasteiger partial charge in [0.15, 0.2) is 0 Å². The highest BCUT2D eigenvalue weighted by Crippen LogP contribution is 2.40. The molecule has 0 bridgehead atoms. The molecule has 2 N–H and O–H groups in total. The number of furan rings is 1. The van der Waals surface area contributed by atoms with Gasteiger partial charge in [0, 0.05) is 32.5 Å². The Kier molecular flexibility index (Phi) is 5.01. The lowest BCUT2D eigenvalue weighted by Gasteiger charge is -2.19. The molecule has 4 heteroatoms. The van der Waals surface area contributed by atoms with Crippen LogP contribution in [0.25, 0.3) is 60.2 Å². The molecule has 40 heavy (non-hydrogen) atoms. The lowest BCUT2D eigenvalue weighted by atomic mass is 9.99. The summed E-state index contributed by atoms with van der Waals surface area (Å²) in [6, 6.07) is 35.9. The summed E-state index contributed by atoms with van der Waals surface area (Å²) in [7, 11) is 0. The minimum atomic E-state index is 0.496. The van der Waals surface area contributed by atoms with Gasteiger partial charge in [-0.2, -0.15) is 0 Å². The molecule has 2 aromatic heterocycles. The molecule has 0 unspecified atom stereocenters. The van der Waals surface area contributed by atoms with E-state index in [0.29, 0.717) is 12.4 Å². The van der Waals surface area contributed by atoms with Crippen LogP contribution in [0, 0.1) is 5.41 Å². The van der Waals surface area contributed by atoms with Crippen molar-refractivity contribution in [1.29, 1.82) is 5.41 Å². The van der Waals surface area contributed by atoms with E-state index in [0.717, 1.165) is 38.8 Å². The van der Waals surface area contributed by atoms with Gasteiger partial charge in [-0.05, 0) is 41.3 Å². The minimum absolute atomic E-state index is 0.496. The number of nitrogens with one attached hydrogen (secondary N) is 2. The normalized spacial score (nSPS) is 14.8. The smallest absolute Gasteiger partial charge is 0.136 e. The molecule has 0 atom stereocenters. The molecular formula is C36H25N3O. The summed E-state index contributed by atoms with van der Waals surface area (Å²) < 4.78 is 8.58. The lowest BCUT2D eigenvalue weighted by molar-refractivity contribution is 0.669. The maximum absolute atomic E-state index is 8.62. The van der Waals surface area contributed by atoms with E-state index in [2.05, 4.69) is 82.7 Å². The number of benzene rings is 5. The summed E-state index contributed by atoms with van der Waals surface area (Å²) in [5.41, 5.74) is 7.54. The predicted molar refractivity (Wildman–Crippen MR) is 167 cm³/mol. The number of hydrogen-bond acceptors (Lipinski definition) is 3. The monoisotopic (exact) mass is 515 g/mol. The zero-order valence-corrected chi connectivity index (χ0v) is 21.7. The van der Waals surface area contributed by atoms with Gasteiger partial charge < -0.3 is 19.7 Å². The van der Waals surface area contributed by atoms with Crippen molar-refractivity contribution in [2.24, 2.45) is 0 Å². The first-order chi connectivity index (χ1) is 19.8. The third-order valence-electron chi connectivity index (χ3n) is 7.94. The van der Waals surface area contributed by atoms with Crippen molar-refractivity contribution in [3.05, 3.63) is 139 Å². The zero-order chi connectivity index (χ0) is 26.6. The second-order valence-corrected chi connectivity index (χ2v) is 10.2. The molecule has 0 fully saturated rings. The number of fused-ring (bicyclic) bond motifs is 9. The van der Waals surface area contributed by atoms with Gasteiger partial charge >= 0.3 is 0 Å². The summed E-state index contributed by atoms with van der Waals surface area (Å²) in [5.74, 6) is 0. The number of para-hydroxylation sites is 2. The lowest BCUT2D eigenvalue weighted by Crippen LogP contribution is -2.20. The maximum Gasteiger partial charge on any atom is 0.136 e. The van der Waals surface area contributed by atoms with Gasteiger partial charge in [0.25, 0.3) is 0 Å². The van der Waals surface area contributed by atoms with Gasteiger partial charge in [-0.15, -0.1) is 0 Å². The quantitative estimate of drug-likeness (QED) is 0.246. The van der Waals surface area contributed by atoms with E-state index < -0.39 is 0 Å². The van der Waals surface area contributed by atoms with Gasteiger partial charge in [-0.25, -0.2) is 0 Å². The van der Waals surface area contributed by atoms with Gasteiger partial charge in [-0.1, -0.05) is 97.1 Å². The Hall–Kier alpha value is -5.35. The third kappa shape index (κ3) is 3.36. The molecule has 5 aromatic carbocycles. The van der Waals surface area contributed by atoms with E-state index in [9.17, 15) is 0 Å². The molecule has 0 amide bonds. The molecule has 0 aliphatic heterocycles. The van der Waals surface area contributed by atoms with Crippen molar-refractivity contribution < 1.29 is 4.42 Å². The minimum Gasteiger partial charge on any atom is -0.456 e. The molecule has 1 aliphatic rings. The largest absolute Gasteiger partial charge is 0.456 e. The standard InChI is InChI=1S/C36H25N3O/c37-30-15-7-4-13-28(30)35(23-10-2-1-3-11-23)38-22-39-31-16-8-5-12-24(31)26-19-18-25-27(36(26)39)20-21-33-34(25)29-14-6-9-17-32(29)40-33/h1-21,37-38H,22H2/b35-28-,37-30?. The fourth-order valence-electron chi connectivity index (χ4n) is 6.16. The SMILES string of the molecule is N=C1C=CC=C/C1=C(/NCn1c2ccccc2c2ccc3c(ccc4oc5ccccc5c43)c21)c1ccccc1. The molecule has 8 rings (SSSR count). The summed E-state index contributed by atoms with van der Waals surface area (Å²) in [6.07, 6.45) is 7.76. The molecule has 0 saturated heterocycles. The summed E-state index contributed by atoms with van der Waals surface area (Å²) >= 11 is 0. The first-order valence-corrected chi connectivity index (χ1v) is 13.5. The molecule has 0 radical (unpaired) electrons. The number of allylic oxidation sites excluding steroid dienone is 5. The van der Waals surface area contributed by atoms with Crippen molar-refractivity contribution >= 4 is 65.9 Å². The molecule has 0 spiro atoms. The highest BCUT2D eigenvalue weighted by molar-refractivity contribution is 6.26. The maximum atomic E-state index is 8.62. The molecule has 190 valence electrons. The molecule has 7 aromatic rings. The van der Waals surface area contributed by atoms with Crippen molar-refractivity contribution in [2.75, 3.05) is 0 Å². The first-order valence-electron chi connectivity index (χ1n) is 13.5. The van der Waals surface area contributed by atoms with Crippen LogP contribution in [0.15, 0.2) is 137 Å². The molecular weight excluding hydrogens is 490 g/mol. The summed E-state index contributed by atoms with van der Waals surface area (Å²) in [4.78, 5) is 0. The van der Waals surface area contributed by atoms with Crippen molar-refractivity contribution in [2.45, 2.75) is 6.67 Å². The Balaban J connectivity index is 1.37. The van der Waals surface area contributed by atoms with Crippen LogP contribution in [0.2, 0.25) is 0 Å². The molecule has 0 saturated carbocycles. The fraction of sp³-hybridized carbons (Fsp3) is 0.0278.